The molecule has 120 valence electrons. The summed E-state index contributed by atoms with van der Waals surface area (Å²) in [4.78, 5) is 12.1. The quantitative estimate of drug-likeness (QED) is 0.921. The van der Waals surface area contributed by atoms with Crippen molar-refractivity contribution in [1.29, 1.82) is 0 Å². The fraction of sp³-hybridized carbons (Fsp3) is 0.278. The van der Waals surface area contributed by atoms with Gasteiger partial charge < -0.3 is 19.5 Å². The van der Waals surface area contributed by atoms with Crippen molar-refractivity contribution in [3.63, 3.8) is 0 Å². The molecule has 2 aromatic carbocycles. The Hall–Kier alpha value is -2.69. The number of carbonyl (C=O) groups is 1. The first-order valence-electron chi connectivity index (χ1n) is 7.60. The van der Waals surface area contributed by atoms with Crippen LogP contribution in [0.3, 0.4) is 0 Å². The summed E-state index contributed by atoms with van der Waals surface area (Å²) in [6.45, 7) is 2.50. The molecule has 5 nitrogen and oxygen atoms in total. The van der Waals surface area contributed by atoms with E-state index in [-0.39, 0.29) is 12.0 Å². The molecule has 0 aromatic heterocycles. The number of nitrogens with one attached hydrogen (secondary N) is 1. The second-order valence-corrected chi connectivity index (χ2v) is 5.32. The van der Waals surface area contributed by atoms with Gasteiger partial charge in [-0.3, -0.25) is 4.79 Å². The molecular weight excluding hydrogens is 294 g/mol. The Morgan fingerprint density at radius 1 is 1.17 bits per heavy atom. The van der Waals surface area contributed by atoms with Gasteiger partial charge in [0.05, 0.1) is 6.54 Å². The van der Waals surface area contributed by atoms with Crippen LogP contribution in [0.1, 0.15) is 6.92 Å². The highest BCUT2D eigenvalue weighted by atomic mass is 16.6. The summed E-state index contributed by atoms with van der Waals surface area (Å²) < 4.78 is 17.0. The van der Waals surface area contributed by atoms with Gasteiger partial charge in [0.25, 0.3) is 5.91 Å². The maximum absolute atomic E-state index is 12.1. The van der Waals surface area contributed by atoms with Crippen LogP contribution >= 0.6 is 0 Å². The zero-order valence-corrected chi connectivity index (χ0v) is 12.9. The van der Waals surface area contributed by atoms with E-state index in [0.29, 0.717) is 24.7 Å². The van der Waals surface area contributed by atoms with E-state index in [0.717, 1.165) is 5.75 Å². The lowest BCUT2D eigenvalue weighted by molar-refractivity contribution is -0.127. The second kappa shape index (κ2) is 7.05. The Morgan fingerprint density at radius 2 is 1.87 bits per heavy atom. The number of benzene rings is 2. The Morgan fingerprint density at radius 3 is 2.65 bits per heavy atom. The third kappa shape index (κ3) is 3.94. The minimum Gasteiger partial charge on any atom is -0.486 e. The van der Waals surface area contributed by atoms with Gasteiger partial charge in [0, 0.05) is 0 Å². The Labute approximate surface area is 135 Å². The standard InChI is InChI=1S/C18H19NO4/c1-13(22-14-7-3-2-4-8-14)18(20)19-11-15-12-21-16-9-5-6-10-17(16)23-15/h2-10,13,15H,11-12H2,1H3,(H,19,20)/t13-,15-/m0/s1. The van der Waals surface area contributed by atoms with E-state index >= 15 is 0 Å². The van der Waals surface area contributed by atoms with Gasteiger partial charge in [-0.1, -0.05) is 30.3 Å². The number of rotatable bonds is 5. The Balaban J connectivity index is 1.48. The molecule has 0 unspecified atom stereocenters. The van der Waals surface area contributed by atoms with Crippen molar-refractivity contribution in [1.82, 2.24) is 5.32 Å². The van der Waals surface area contributed by atoms with E-state index in [1.165, 1.54) is 0 Å². The first-order chi connectivity index (χ1) is 11.2. The lowest BCUT2D eigenvalue weighted by Crippen LogP contribution is -2.44. The first-order valence-corrected chi connectivity index (χ1v) is 7.60. The van der Waals surface area contributed by atoms with E-state index in [1.54, 1.807) is 6.92 Å². The zero-order chi connectivity index (χ0) is 16.1. The topological polar surface area (TPSA) is 56.8 Å². The maximum Gasteiger partial charge on any atom is 0.260 e. The molecule has 1 amide bonds. The lowest BCUT2D eigenvalue weighted by Gasteiger charge is -2.27. The number of amides is 1. The minimum absolute atomic E-state index is 0.184. The maximum atomic E-state index is 12.1. The molecule has 1 aliphatic heterocycles. The minimum atomic E-state index is -0.575. The van der Waals surface area contributed by atoms with E-state index in [4.69, 9.17) is 14.2 Å². The molecule has 2 aromatic rings. The lowest BCUT2D eigenvalue weighted by atomic mass is 10.2. The van der Waals surface area contributed by atoms with Crippen LogP contribution in [0.25, 0.3) is 0 Å². The van der Waals surface area contributed by atoms with E-state index in [1.807, 2.05) is 54.6 Å². The molecule has 3 rings (SSSR count). The number of carbonyl (C=O) groups excluding carboxylic acids is 1. The Kier molecular flexibility index (Phi) is 4.66. The van der Waals surface area contributed by atoms with Gasteiger partial charge in [-0.2, -0.15) is 0 Å². The summed E-state index contributed by atoms with van der Waals surface area (Å²) in [7, 11) is 0. The van der Waals surface area contributed by atoms with Gasteiger partial charge in [-0.15, -0.1) is 0 Å². The van der Waals surface area contributed by atoms with Crippen LogP contribution in [0, 0.1) is 0 Å². The SMILES string of the molecule is C[C@H](Oc1ccccc1)C(=O)NC[C@H]1COc2ccccc2O1. The van der Waals surface area contributed by atoms with Crippen LogP contribution in [-0.2, 0) is 4.79 Å². The first kappa shape index (κ1) is 15.2. The van der Waals surface area contributed by atoms with Crippen molar-refractivity contribution >= 4 is 5.91 Å². The average molecular weight is 313 g/mol. The molecule has 0 spiro atoms. The molecule has 0 saturated carbocycles. The van der Waals surface area contributed by atoms with E-state index < -0.39 is 6.10 Å². The van der Waals surface area contributed by atoms with Crippen LogP contribution in [0.2, 0.25) is 0 Å². The van der Waals surface area contributed by atoms with Crippen LogP contribution in [-0.4, -0.2) is 31.3 Å². The second-order valence-electron chi connectivity index (χ2n) is 5.32. The molecular formula is C18H19NO4. The fourth-order valence-corrected chi connectivity index (χ4v) is 2.28. The van der Waals surface area contributed by atoms with Crippen LogP contribution in [0.4, 0.5) is 0 Å². The third-order valence-corrected chi connectivity index (χ3v) is 3.50. The predicted octanol–water partition coefficient (Wildman–Crippen LogP) is 2.41. The number of hydrogen-bond acceptors (Lipinski definition) is 4. The largest absolute Gasteiger partial charge is 0.486 e. The van der Waals surface area contributed by atoms with Gasteiger partial charge in [-0.05, 0) is 31.2 Å². The van der Waals surface area contributed by atoms with Gasteiger partial charge >= 0.3 is 0 Å². The van der Waals surface area contributed by atoms with Crippen LogP contribution in [0.15, 0.2) is 54.6 Å². The zero-order valence-electron chi connectivity index (χ0n) is 12.9. The van der Waals surface area contributed by atoms with Crippen LogP contribution < -0.4 is 19.5 Å². The normalized spacial score (nSPS) is 17.2. The molecule has 0 fully saturated rings. The summed E-state index contributed by atoms with van der Waals surface area (Å²) in [5.74, 6) is 1.92. The molecule has 2 atom stereocenters. The van der Waals surface area contributed by atoms with Crippen molar-refractivity contribution in [2.24, 2.45) is 0 Å². The summed E-state index contributed by atoms with van der Waals surface area (Å²) in [5, 5.41) is 2.83. The molecule has 0 saturated heterocycles. The predicted molar refractivity (Wildman–Crippen MR) is 85.9 cm³/mol. The van der Waals surface area contributed by atoms with Crippen molar-refractivity contribution in [2.75, 3.05) is 13.2 Å². The van der Waals surface area contributed by atoms with Gasteiger partial charge in [0.2, 0.25) is 0 Å². The molecule has 5 heteroatoms. The monoisotopic (exact) mass is 313 g/mol. The molecule has 0 bridgehead atoms. The third-order valence-electron chi connectivity index (χ3n) is 3.50. The summed E-state index contributed by atoms with van der Waals surface area (Å²) in [5.41, 5.74) is 0. The van der Waals surface area contributed by atoms with Crippen molar-refractivity contribution in [2.45, 2.75) is 19.1 Å². The molecule has 23 heavy (non-hydrogen) atoms. The van der Waals surface area contributed by atoms with Gasteiger partial charge in [0.15, 0.2) is 17.6 Å². The number of ether oxygens (including phenoxy) is 3. The van der Waals surface area contributed by atoms with Crippen molar-refractivity contribution in [3.8, 4) is 17.2 Å². The number of para-hydroxylation sites is 3. The number of hydrogen-bond donors (Lipinski definition) is 1. The van der Waals surface area contributed by atoms with E-state index in [9.17, 15) is 4.79 Å². The summed E-state index contributed by atoms with van der Waals surface area (Å²) in [6, 6.07) is 16.8. The van der Waals surface area contributed by atoms with Crippen molar-refractivity contribution < 1.29 is 19.0 Å². The highest BCUT2D eigenvalue weighted by Gasteiger charge is 2.22. The molecule has 0 radical (unpaired) electrons. The number of fused-ring (bicyclic) bond motifs is 1. The van der Waals surface area contributed by atoms with Gasteiger partial charge in [0.1, 0.15) is 18.5 Å². The summed E-state index contributed by atoms with van der Waals surface area (Å²) in [6.07, 6.45) is -0.785. The molecule has 1 N–H and O–H groups in total. The highest BCUT2D eigenvalue weighted by molar-refractivity contribution is 5.80. The summed E-state index contributed by atoms with van der Waals surface area (Å²) >= 11 is 0. The fourth-order valence-electron chi connectivity index (χ4n) is 2.28. The smallest absolute Gasteiger partial charge is 0.260 e. The molecule has 1 heterocycles. The average Bonchev–Trinajstić information content (AvgIpc) is 2.60. The van der Waals surface area contributed by atoms with E-state index in [2.05, 4.69) is 5.32 Å². The van der Waals surface area contributed by atoms with Crippen molar-refractivity contribution in [3.05, 3.63) is 54.6 Å². The highest BCUT2D eigenvalue weighted by Crippen LogP contribution is 2.30. The van der Waals surface area contributed by atoms with Gasteiger partial charge in [-0.25, -0.2) is 0 Å². The molecule has 0 aliphatic carbocycles. The Bertz CT molecular complexity index is 659. The van der Waals surface area contributed by atoms with Crippen LogP contribution in [0.5, 0.6) is 17.2 Å². The molecule has 1 aliphatic rings.